The summed E-state index contributed by atoms with van der Waals surface area (Å²) in [6.45, 7) is 0.822. The normalized spacial score (nSPS) is 11.7. The molecule has 0 fully saturated rings. The second-order valence-electron chi connectivity index (χ2n) is 7.26. The summed E-state index contributed by atoms with van der Waals surface area (Å²) >= 11 is 0. The first-order valence-electron chi connectivity index (χ1n) is 9.30. The number of rotatable bonds is 4. The molecule has 0 aliphatic rings. The third-order valence-electron chi connectivity index (χ3n) is 4.81. The summed E-state index contributed by atoms with van der Waals surface area (Å²) in [5.41, 5.74) is 5.20. The second kappa shape index (κ2) is 6.79. The fraction of sp³-hybridized carbons (Fsp3) is 0.136. The van der Waals surface area contributed by atoms with Gasteiger partial charge in [0.05, 0.1) is 17.1 Å². The van der Waals surface area contributed by atoms with Crippen molar-refractivity contribution in [3.05, 3.63) is 78.6 Å². The second-order valence-corrected chi connectivity index (χ2v) is 7.26. The Bertz CT molecular complexity index is 1320. The molecule has 144 valence electrons. The van der Waals surface area contributed by atoms with E-state index < -0.39 is 0 Å². The van der Waals surface area contributed by atoms with E-state index in [-0.39, 0.29) is 5.82 Å². The molecule has 6 nitrogen and oxygen atoms in total. The lowest BCUT2D eigenvalue weighted by molar-refractivity contribution is 0.402. The molecular weight excluding hydrogens is 367 g/mol. The fourth-order valence-electron chi connectivity index (χ4n) is 3.54. The zero-order valence-corrected chi connectivity index (χ0v) is 16.1. The highest BCUT2D eigenvalue weighted by atomic mass is 19.1. The predicted molar refractivity (Wildman–Crippen MR) is 110 cm³/mol. The van der Waals surface area contributed by atoms with Crippen LogP contribution in [0.4, 0.5) is 4.39 Å². The molecule has 0 amide bonds. The van der Waals surface area contributed by atoms with Crippen LogP contribution in [0, 0.1) is 5.82 Å². The maximum Gasteiger partial charge on any atom is 0.234 e. The van der Waals surface area contributed by atoms with Crippen molar-refractivity contribution in [3.8, 4) is 22.6 Å². The molecule has 29 heavy (non-hydrogen) atoms. The minimum absolute atomic E-state index is 0.274. The highest BCUT2D eigenvalue weighted by Crippen LogP contribution is 2.32. The van der Waals surface area contributed by atoms with E-state index in [2.05, 4.69) is 22.0 Å². The van der Waals surface area contributed by atoms with Gasteiger partial charge in [-0.1, -0.05) is 0 Å². The standard InChI is InChI=1S/C22H19FN6/c1-27(2)14-15-7-11-29-19(13-15)26-20(16-3-5-17(23)6-4-16)21(29)18-8-10-28-12-9-24-22(28)25-18/h3-13H,14H2,1-2H3. The number of benzene rings is 1. The van der Waals surface area contributed by atoms with Crippen LogP contribution in [0.2, 0.25) is 0 Å². The van der Waals surface area contributed by atoms with Crippen molar-refractivity contribution >= 4 is 11.4 Å². The molecule has 0 bridgehead atoms. The molecular formula is C22H19FN6. The Labute approximate surface area is 166 Å². The average molecular weight is 386 g/mol. The van der Waals surface area contributed by atoms with Crippen LogP contribution in [0.15, 0.2) is 67.3 Å². The highest BCUT2D eigenvalue weighted by molar-refractivity contribution is 5.81. The Morgan fingerprint density at radius 1 is 0.966 bits per heavy atom. The molecule has 0 saturated heterocycles. The summed E-state index contributed by atoms with van der Waals surface area (Å²) in [6.07, 6.45) is 7.52. The van der Waals surface area contributed by atoms with Gasteiger partial charge in [-0.05, 0) is 62.1 Å². The summed E-state index contributed by atoms with van der Waals surface area (Å²) in [4.78, 5) is 16.0. The Morgan fingerprint density at radius 2 is 1.79 bits per heavy atom. The molecule has 4 heterocycles. The van der Waals surface area contributed by atoms with Crippen LogP contribution in [-0.4, -0.2) is 42.7 Å². The van der Waals surface area contributed by atoms with Crippen molar-refractivity contribution in [1.82, 2.24) is 28.7 Å². The van der Waals surface area contributed by atoms with E-state index in [1.54, 1.807) is 18.3 Å². The van der Waals surface area contributed by atoms with Crippen molar-refractivity contribution in [2.24, 2.45) is 0 Å². The lowest BCUT2D eigenvalue weighted by atomic mass is 10.1. The third kappa shape index (κ3) is 3.15. The van der Waals surface area contributed by atoms with Crippen LogP contribution < -0.4 is 0 Å². The van der Waals surface area contributed by atoms with Crippen molar-refractivity contribution in [3.63, 3.8) is 0 Å². The van der Waals surface area contributed by atoms with Gasteiger partial charge in [0, 0.05) is 36.9 Å². The van der Waals surface area contributed by atoms with Gasteiger partial charge in [0.1, 0.15) is 11.5 Å². The van der Waals surface area contributed by atoms with Gasteiger partial charge in [-0.3, -0.25) is 8.80 Å². The molecule has 0 atom stereocenters. The number of imidazole rings is 2. The molecule has 1 aromatic carbocycles. The van der Waals surface area contributed by atoms with Crippen LogP contribution >= 0.6 is 0 Å². The molecule has 4 aromatic heterocycles. The van der Waals surface area contributed by atoms with Crippen LogP contribution in [-0.2, 0) is 6.54 Å². The average Bonchev–Trinajstić information content (AvgIpc) is 3.31. The van der Waals surface area contributed by atoms with Crippen molar-refractivity contribution in [2.75, 3.05) is 14.1 Å². The Balaban J connectivity index is 1.76. The van der Waals surface area contributed by atoms with Crippen molar-refractivity contribution in [2.45, 2.75) is 6.54 Å². The highest BCUT2D eigenvalue weighted by Gasteiger charge is 2.18. The summed E-state index contributed by atoms with van der Waals surface area (Å²) in [6, 6.07) is 12.5. The summed E-state index contributed by atoms with van der Waals surface area (Å²) in [7, 11) is 4.07. The largest absolute Gasteiger partial charge is 0.305 e. The van der Waals surface area contributed by atoms with Crippen LogP contribution in [0.25, 0.3) is 34.1 Å². The van der Waals surface area contributed by atoms with Gasteiger partial charge in [-0.2, -0.15) is 0 Å². The molecule has 0 aliphatic carbocycles. The van der Waals surface area contributed by atoms with E-state index in [0.29, 0.717) is 5.78 Å². The molecule has 0 radical (unpaired) electrons. The number of nitrogens with zero attached hydrogens (tertiary/aromatic N) is 6. The molecule has 5 rings (SSSR count). The quantitative estimate of drug-likeness (QED) is 0.470. The lowest BCUT2D eigenvalue weighted by Crippen LogP contribution is -2.10. The molecule has 0 N–H and O–H groups in total. The van der Waals surface area contributed by atoms with E-state index in [1.807, 2.05) is 47.6 Å². The summed E-state index contributed by atoms with van der Waals surface area (Å²) in [5, 5.41) is 0. The molecule has 0 spiro atoms. The van der Waals surface area contributed by atoms with Gasteiger partial charge in [0.25, 0.3) is 0 Å². The number of hydrogen-bond donors (Lipinski definition) is 0. The minimum Gasteiger partial charge on any atom is -0.305 e. The number of aromatic nitrogens is 5. The minimum atomic E-state index is -0.274. The summed E-state index contributed by atoms with van der Waals surface area (Å²) in [5.74, 6) is 0.344. The van der Waals surface area contributed by atoms with Gasteiger partial charge >= 0.3 is 0 Å². The molecule has 0 aliphatic heterocycles. The first kappa shape index (κ1) is 17.5. The first-order valence-corrected chi connectivity index (χ1v) is 9.30. The maximum absolute atomic E-state index is 13.5. The van der Waals surface area contributed by atoms with Gasteiger partial charge in [-0.25, -0.2) is 19.3 Å². The number of hydrogen-bond acceptors (Lipinski definition) is 4. The zero-order valence-electron chi connectivity index (χ0n) is 16.1. The summed E-state index contributed by atoms with van der Waals surface area (Å²) < 4.78 is 17.4. The van der Waals surface area contributed by atoms with E-state index in [1.165, 1.54) is 17.7 Å². The third-order valence-corrected chi connectivity index (χ3v) is 4.81. The molecule has 5 aromatic rings. The van der Waals surface area contributed by atoms with Crippen LogP contribution in [0.3, 0.4) is 0 Å². The van der Waals surface area contributed by atoms with Gasteiger partial charge in [0.2, 0.25) is 5.78 Å². The topological polar surface area (TPSA) is 50.7 Å². The monoisotopic (exact) mass is 386 g/mol. The smallest absolute Gasteiger partial charge is 0.234 e. The SMILES string of the molecule is CN(C)Cc1ccn2c(-c3ccn4ccnc4n3)c(-c3ccc(F)cc3)nc2c1. The van der Waals surface area contributed by atoms with Crippen LogP contribution in [0.1, 0.15) is 5.56 Å². The number of pyridine rings is 1. The number of fused-ring (bicyclic) bond motifs is 2. The van der Waals surface area contributed by atoms with E-state index in [0.717, 1.165) is 34.8 Å². The van der Waals surface area contributed by atoms with E-state index in [9.17, 15) is 4.39 Å². The first-order chi connectivity index (χ1) is 14.1. The maximum atomic E-state index is 13.5. The number of halogens is 1. The van der Waals surface area contributed by atoms with Gasteiger partial charge < -0.3 is 4.90 Å². The predicted octanol–water partition coefficient (Wildman–Crippen LogP) is 3.91. The van der Waals surface area contributed by atoms with Gasteiger partial charge in [0.15, 0.2) is 0 Å². The fourth-order valence-corrected chi connectivity index (χ4v) is 3.54. The van der Waals surface area contributed by atoms with Crippen molar-refractivity contribution < 1.29 is 4.39 Å². The Kier molecular flexibility index (Phi) is 4.10. The van der Waals surface area contributed by atoms with E-state index in [4.69, 9.17) is 9.97 Å². The Morgan fingerprint density at radius 3 is 2.59 bits per heavy atom. The van der Waals surface area contributed by atoms with E-state index >= 15 is 0 Å². The Hall–Kier alpha value is -3.58. The van der Waals surface area contributed by atoms with Crippen LogP contribution in [0.5, 0.6) is 0 Å². The lowest BCUT2D eigenvalue weighted by Gasteiger charge is -2.10. The van der Waals surface area contributed by atoms with Gasteiger partial charge in [-0.15, -0.1) is 0 Å². The zero-order chi connectivity index (χ0) is 20.0. The molecule has 0 unspecified atom stereocenters. The molecule has 0 saturated carbocycles. The molecule has 7 heteroatoms. The van der Waals surface area contributed by atoms with Crippen molar-refractivity contribution in [1.29, 1.82) is 0 Å².